The molecule has 0 spiro atoms. The number of carbonyl (C=O) groups is 1. The highest BCUT2D eigenvalue weighted by Gasteiger charge is 2.13. The zero-order chi connectivity index (χ0) is 19.2. The molecule has 3 aromatic rings. The number of methoxy groups -OCH3 is 1. The minimum absolute atomic E-state index is 0.0457. The van der Waals surface area contributed by atoms with Crippen molar-refractivity contribution in [2.24, 2.45) is 0 Å². The molecule has 27 heavy (non-hydrogen) atoms. The maximum atomic E-state index is 12.2. The second-order valence-electron chi connectivity index (χ2n) is 6.44. The molecule has 6 nitrogen and oxygen atoms in total. The summed E-state index contributed by atoms with van der Waals surface area (Å²) in [6, 6.07) is 15.5. The second-order valence-corrected chi connectivity index (χ2v) is 6.44. The first kappa shape index (κ1) is 18.6. The number of hydrogen-bond acceptors (Lipinski definition) is 5. The van der Waals surface area contributed by atoms with Crippen LogP contribution < -0.4 is 10.1 Å². The molecule has 0 radical (unpaired) electrons. The van der Waals surface area contributed by atoms with Gasteiger partial charge in [0, 0.05) is 18.4 Å². The molecule has 0 saturated carbocycles. The Kier molecular flexibility index (Phi) is 5.86. The Morgan fingerprint density at radius 2 is 1.85 bits per heavy atom. The van der Waals surface area contributed by atoms with Crippen LogP contribution in [-0.2, 0) is 11.2 Å². The lowest BCUT2D eigenvalue weighted by Crippen LogP contribution is -2.26. The van der Waals surface area contributed by atoms with Crippen molar-refractivity contribution in [1.29, 1.82) is 0 Å². The van der Waals surface area contributed by atoms with Gasteiger partial charge in [0.2, 0.25) is 17.6 Å². The van der Waals surface area contributed by atoms with Crippen molar-refractivity contribution in [2.45, 2.75) is 32.7 Å². The highest BCUT2D eigenvalue weighted by atomic mass is 16.5. The van der Waals surface area contributed by atoms with Gasteiger partial charge in [0.05, 0.1) is 13.2 Å². The first-order valence-corrected chi connectivity index (χ1v) is 8.88. The molecule has 0 saturated heterocycles. The van der Waals surface area contributed by atoms with Crippen LogP contribution in [-0.4, -0.2) is 23.2 Å². The number of nitrogens with zero attached hydrogens (tertiary/aromatic N) is 2. The molecule has 6 heteroatoms. The predicted molar refractivity (Wildman–Crippen MR) is 102 cm³/mol. The number of aromatic nitrogens is 2. The molecule has 140 valence electrons. The van der Waals surface area contributed by atoms with Crippen LogP contribution in [0.2, 0.25) is 0 Å². The third-order valence-corrected chi connectivity index (χ3v) is 4.34. The third-order valence-electron chi connectivity index (χ3n) is 4.34. The molecule has 2 aromatic carbocycles. The Morgan fingerprint density at radius 3 is 2.52 bits per heavy atom. The standard InChI is InChI=1S/C21H23N3O3/c1-14-4-6-16(7-5-14)15(2)22-19(25)12-13-20-23-21(24-27-20)17-8-10-18(26-3)11-9-17/h4-11,15H,12-13H2,1-3H3,(H,22,25). The topological polar surface area (TPSA) is 77.2 Å². The molecule has 0 aliphatic carbocycles. The van der Waals surface area contributed by atoms with Gasteiger partial charge in [0.1, 0.15) is 5.75 Å². The summed E-state index contributed by atoms with van der Waals surface area (Å²) in [6.07, 6.45) is 0.691. The van der Waals surface area contributed by atoms with E-state index < -0.39 is 0 Å². The highest BCUT2D eigenvalue weighted by Crippen LogP contribution is 2.20. The van der Waals surface area contributed by atoms with Gasteiger partial charge in [-0.2, -0.15) is 4.98 Å². The first-order valence-electron chi connectivity index (χ1n) is 8.88. The van der Waals surface area contributed by atoms with Crippen LogP contribution in [0, 0.1) is 6.92 Å². The molecule has 0 aliphatic rings. The Labute approximate surface area is 158 Å². The Balaban J connectivity index is 1.53. The van der Waals surface area contributed by atoms with E-state index in [1.807, 2.05) is 62.4 Å². The molecule has 0 fully saturated rings. The van der Waals surface area contributed by atoms with Gasteiger partial charge in [-0.25, -0.2) is 0 Å². The van der Waals surface area contributed by atoms with Crippen molar-refractivity contribution >= 4 is 5.91 Å². The maximum Gasteiger partial charge on any atom is 0.227 e. The summed E-state index contributed by atoms with van der Waals surface area (Å²) < 4.78 is 10.4. The Hall–Kier alpha value is -3.15. The molecule has 0 aliphatic heterocycles. The van der Waals surface area contributed by atoms with Gasteiger partial charge in [-0.05, 0) is 43.7 Å². The molecule has 1 aromatic heterocycles. The van der Waals surface area contributed by atoms with E-state index in [2.05, 4.69) is 15.5 Å². The van der Waals surface area contributed by atoms with Gasteiger partial charge in [0.15, 0.2) is 0 Å². The van der Waals surface area contributed by atoms with Crippen LogP contribution in [0.5, 0.6) is 5.75 Å². The predicted octanol–water partition coefficient (Wildman–Crippen LogP) is 3.86. The number of aryl methyl sites for hydroxylation is 2. The lowest BCUT2D eigenvalue weighted by atomic mass is 10.1. The van der Waals surface area contributed by atoms with Crippen molar-refractivity contribution in [3.8, 4) is 17.1 Å². The smallest absolute Gasteiger partial charge is 0.227 e. The highest BCUT2D eigenvalue weighted by molar-refractivity contribution is 5.76. The van der Waals surface area contributed by atoms with E-state index in [9.17, 15) is 4.79 Å². The van der Waals surface area contributed by atoms with Gasteiger partial charge >= 0.3 is 0 Å². The molecule has 1 amide bonds. The van der Waals surface area contributed by atoms with E-state index in [1.165, 1.54) is 5.56 Å². The van der Waals surface area contributed by atoms with Crippen LogP contribution in [0.1, 0.15) is 36.4 Å². The number of benzene rings is 2. The van der Waals surface area contributed by atoms with Gasteiger partial charge in [-0.15, -0.1) is 0 Å². The van der Waals surface area contributed by atoms with E-state index in [4.69, 9.17) is 9.26 Å². The van der Waals surface area contributed by atoms with Crippen molar-refractivity contribution in [3.63, 3.8) is 0 Å². The fraction of sp³-hybridized carbons (Fsp3) is 0.286. The number of hydrogen-bond donors (Lipinski definition) is 1. The van der Waals surface area contributed by atoms with Crippen LogP contribution >= 0.6 is 0 Å². The first-order chi connectivity index (χ1) is 13.0. The van der Waals surface area contributed by atoms with Crippen LogP contribution in [0.4, 0.5) is 0 Å². The number of rotatable bonds is 7. The fourth-order valence-electron chi connectivity index (χ4n) is 2.69. The van der Waals surface area contributed by atoms with E-state index in [1.54, 1.807) is 7.11 Å². The zero-order valence-corrected chi connectivity index (χ0v) is 15.7. The summed E-state index contributed by atoms with van der Waals surface area (Å²) in [5.41, 5.74) is 3.11. The van der Waals surface area contributed by atoms with E-state index in [0.29, 0.717) is 24.6 Å². The quantitative estimate of drug-likeness (QED) is 0.688. The van der Waals surface area contributed by atoms with Crippen LogP contribution in [0.15, 0.2) is 53.1 Å². The zero-order valence-electron chi connectivity index (χ0n) is 15.7. The molecule has 1 atom stereocenters. The van der Waals surface area contributed by atoms with E-state index in [-0.39, 0.29) is 11.9 Å². The second kappa shape index (κ2) is 8.49. The van der Waals surface area contributed by atoms with Crippen LogP contribution in [0.3, 0.4) is 0 Å². The monoisotopic (exact) mass is 365 g/mol. The molecule has 1 heterocycles. The summed E-state index contributed by atoms with van der Waals surface area (Å²) in [5.74, 6) is 1.66. The van der Waals surface area contributed by atoms with E-state index >= 15 is 0 Å². The summed E-state index contributed by atoms with van der Waals surface area (Å²) in [4.78, 5) is 16.6. The fourth-order valence-corrected chi connectivity index (χ4v) is 2.69. The van der Waals surface area contributed by atoms with Gasteiger partial charge in [0.25, 0.3) is 0 Å². The van der Waals surface area contributed by atoms with Crippen molar-refractivity contribution in [3.05, 3.63) is 65.5 Å². The largest absolute Gasteiger partial charge is 0.497 e. The summed E-state index contributed by atoms with van der Waals surface area (Å²) in [6.45, 7) is 4.01. The van der Waals surface area contributed by atoms with Crippen molar-refractivity contribution < 1.29 is 14.1 Å². The molecule has 0 bridgehead atoms. The van der Waals surface area contributed by atoms with Crippen LogP contribution in [0.25, 0.3) is 11.4 Å². The van der Waals surface area contributed by atoms with Gasteiger partial charge in [-0.1, -0.05) is 35.0 Å². The third kappa shape index (κ3) is 4.94. The number of amides is 1. The van der Waals surface area contributed by atoms with Gasteiger partial charge in [-0.3, -0.25) is 4.79 Å². The van der Waals surface area contributed by atoms with Gasteiger partial charge < -0.3 is 14.6 Å². The molecule has 1 N–H and O–H groups in total. The normalized spacial score (nSPS) is 11.8. The van der Waals surface area contributed by atoms with E-state index in [0.717, 1.165) is 16.9 Å². The molecular formula is C21H23N3O3. The van der Waals surface area contributed by atoms with Crippen molar-refractivity contribution in [1.82, 2.24) is 15.5 Å². The average Bonchev–Trinajstić information content (AvgIpc) is 3.16. The summed E-state index contributed by atoms with van der Waals surface area (Å²) in [7, 11) is 1.62. The lowest BCUT2D eigenvalue weighted by molar-refractivity contribution is -0.121. The summed E-state index contributed by atoms with van der Waals surface area (Å²) >= 11 is 0. The number of nitrogens with one attached hydrogen (secondary N) is 1. The minimum atomic E-state index is -0.0488. The molecule has 1 unspecified atom stereocenters. The summed E-state index contributed by atoms with van der Waals surface area (Å²) in [5, 5.41) is 6.97. The molecule has 3 rings (SSSR count). The SMILES string of the molecule is COc1ccc(-c2noc(CCC(=O)NC(C)c3ccc(C)cc3)n2)cc1. The average molecular weight is 365 g/mol. The van der Waals surface area contributed by atoms with Crippen molar-refractivity contribution in [2.75, 3.05) is 7.11 Å². The minimum Gasteiger partial charge on any atom is -0.497 e. The molecular weight excluding hydrogens is 342 g/mol. The number of carbonyl (C=O) groups excluding carboxylic acids is 1. The Bertz CT molecular complexity index is 886. The maximum absolute atomic E-state index is 12.2. The number of ether oxygens (including phenoxy) is 1. The Morgan fingerprint density at radius 1 is 1.15 bits per heavy atom. The lowest BCUT2D eigenvalue weighted by Gasteiger charge is -2.14.